The highest BCUT2D eigenvalue weighted by molar-refractivity contribution is 7.80. The third kappa shape index (κ3) is 3.24. The minimum Gasteiger partial charge on any atom is -0.508 e. The Labute approximate surface area is 137 Å². The molecule has 1 heterocycles. The van der Waals surface area contributed by atoms with E-state index in [1.54, 1.807) is 12.1 Å². The molecule has 1 aliphatic heterocycles. The molecule has 1 aliphatic rings. The van der Waals surface area contributed by atoms with E-state index in [-0.39, 0.29) is 5.75 Å². The van der Waals surface area contributed by atoms with Crippen LogP contribution in [-0.2, 0) is 9.31 Å². The van der Waals surface area contributed by atoms with Crippen molar-refractivity contribution in [2.24, 2.45) is 0 Å². The summed E-state index contributed by atoms with van der Waals surface area (Å²) in [6, 6.07) is 4.66. The maximum atomic E-state index is 11.2. The van der Waals surface area contributed by atoms with Gasteiger partial charge in [-0.05, 0) is 50.9 Å². The quantitative estimate of drug-likeness (QED) is 0.508. The molecule has 1 saturated heterocycles. The highest BCUT2D eigenvalue weighted by Gasteiger charge is 2.52. The number of phenols is 1. The molecular formula is C16H21BO4S. The highest BCUT2D eigenvalue weighted by Crippen LogP contribution is 2.39. The van der Waals surface area contributed by atoms with Crippen molar-refractivity contribution in [1.82, 2.24) is 0 Å². The fraction of sp³-hybridized carbons (Fsp3) is 0.438. The number of carbonyl (C=O) groups is 1. The van der Waals surface area contributed by atoms with Gasteiger partial charge in [0.1, 0.15) is 5.75 Å². The van der Waals surface area contributed by atoms with E-state index in [9.17, 15) is 9.90 Å². The van der Waals surface area contributed by atoms with E-state index in [4.69, 9.17) is 9.31 Å². The van der Waals surface area contributed by atoms with Gasteiger partial charge in [0.25, 0.3) is 0 Å². The zero-order valence-electron chi connectivity index (χ0n) is 13.3. The number of phenolic OH excluding ortho intramolecular Hbond substituents is 1. The van der Waals surface area contributed by atoms with Crippen LogP contribution in [0.5, 0.6) is 5.75 Å². The lowest BCUT2D eigenvalue weighted by atomic mass is 9.78. The molecule has 1 fully saturated rings. The van der Waals surface area contributed by atoms with Gasteiger partial charge in [0.05, 0.1) is 11.2 Å². The Balaban J connectivity index is 2.36. The van der Waals surface area contributed by atoms with Gasteiger partial charge in [-0.25, -0.2) is 0 Å². The summed E-state index contributed by atoms with van der Waals surface area (Å²) in [6.07, 6.45) is 2.55. The van der Waals surface area contributed by atoms with Gasteiger partial charge in [-0.15, -0.1) is 0 Å². The van der Waals surface area contributed by atoms with Crippen LogP contribution >= 0.6 is 12.6 Å². The summed E-state index contributed by atoms with van der Waals surface area (Å²) in [5.41, 5.74) is 1.09. The fourth-order valence-electron chi connectivity index (χ4n) is 2.18. The smallest absolute Gasteiger partial charge is 0.491 e. The maximum absolute atomic E-state index is 11.2. The van der Waals surface area contributed by atoms with Crippen molar-refractivity contribution >= 4 is 32.1 Å². The summed E-state index contributed by atoms with van der Waals surface area (Å²) in [5.74, 6) is 0.498. The lowest BCUT2D eigenvalue weighted by molar-refractivity contribution is 0.00578. The summed E-state index contributed by atoms with van der Waals surface area (Å²) in [6.45, 7) is 7.95. The van der Waals surface area contributed by atoms with Gasteiger partial charge in [0.2, 0.25) is 0 Å². The molecule has 0 radical (unpaired) electrons. The largest absolute Gasteiger partial charge is 0.508 e. The van der Waals surface area contributed by atoms with Gasteiger partial charge in [-0.1, -0.05) is 12.1 Å². The van der Waals surface area contributed by atoms with Crippen molar-refractivity contribution in [2.45, 2.75) is 38.9 Å². The molecule has 0 aromatic heterocycles. The molecule has 0 bridgehead atoms. The molecule has 0 spiro atoms. The second kappa shape index (κ2) is 6.10. The van der Waals surface area contributed by atoms with E-state index in [0.29, 0.717) is 23.2 Å². The summed E-state index contributed by atoms with van der Waals surface area (Å²) >= 11 is 4.35. The number of aromatic hydroxyl groups is 1. The lowest BCUT2D eigenvalue weighted by Crippen LogP contribution is -2.41. The number of rotatable bonds is 4. The van der Waals surface area contributed by atoms with E-state index in [1.807, 2.05) is 33.8 Å². The second-order valence-corrected chi connectivity index (χ2v) is 6.71. The van der Waals surface area contributed by atoms with Crippen LogP contribution in [0.3, 0.4) is 0 Å². The van der Waals surface area contributed by atoms with Gasteiger partial charge in [0, 0.05) is 11.3 Å². The first-order chi connectivity index (χ1) is 10.2. The molecule has 0 aliphatic carbocycles. The Morgan fingerprint density at radius 3 is 2.32 bits per heavy atom. The van der Waals surface area contributed by atoms with Crippen molar-refractivity contribution < 1.29 is 19.2 Å². The molecule has 118 valence electrons. The van der Waals surface area contributed by atoms with Crippen LogP contribution in [0, 0.1) is 0 Å². The van der Waals surface area contributed by atoms with E-state index in [0.717, 1.165) is 5.47 Å². The molecule has 0 amide bonds. The van der Waals surface area contributed by atoms with Crippen molar-refractivity contribution in [2.75, 3.05) is 5.75 Å². The minimum absolute atomic E-state index is 0.0577. The van der Waals surface area contributed by atoms with Crippen LogP contribution < -0.4 is 0 Å². The van der Waals surface area contributed by atoms with Crippen LogP contribution in [0.15, 0.2) is 23.7 Å². The Kier molecular flexibility index (Phi) is 4.75. The molecule has 0 unspecified atom stereocenters. The van der Waals surface area contributed by atoms with Gasteiger partial charge in [0.15, 0.2) is 6.29 Å². The van der Waals surface area contributed by atoms with Crippen molar-refractivity contribution in [3.05, 3.63) is 34.8 Å². The highest BCUT2D eigenvalue weighted by atomic mass is 32.1. The van der Waals surface area contributed by atoms with Gasteiger partial charge in [-0.2, -0.15) is 12.6 Å². The standard InChI is InChI=1S/C16H21BO4S/c1-15(2)16(3,4)21-17(20-15)13(10-22)7-11-5-6-14(19)8-12(11)9-18/h5-9,19,22H,10H2,1-4H3. The topological polar surface area (TPSA) is 55.8 Å². The van der Waals surface area contributed by atoms with Crippen LogP contribution in [0.2, 0.25) is 0 Å². The minimum atomic E-state index is -0.504. The Morgan fingerprint density at radius 1 is 1.23 bits per heavy atom. The lowest BCUT2D eigenvalue weighted by Gasteiger charge is -2.32. The summed E-state index contributed by atoms with van der Waals surface area (Å²) in [7, 11) is -0.504. The van der Waals surface area contributed by atoms with E-state index in [1.165, 1.54) is 6.07 Å². The third-order valence-corrected chi connectivity index (χ3v) is 4.64. The fourth-order valence-corrected chi connectivity index (χ4v) is 2.42. The first kappa shape index (κ1) is 17.1. The number of hydrogen-bond acceptors (Lipinski definition) is 5. The van der Waals surface area contributed by atoms with E-state index >= 15 is 0 Å². The maximum Gasteiger partial charge on any atom is 0.491 e. The molecule has 1 aromatic carbocycles. The first-order valence-electron chi connectivity index (χ1n) is 7.15. The molecule has 0 saturated carbocycles. The molecule has 1 N–H and O–H groups in total. The van der Waals surface area contributed by atoms with Crippen LogP contribution in [0.1, 0.15) is 43.6 Å². The average Bonchev–Trinajstić information content (AvgIpc) is 2.65. The molecule has 2 rings (SSSR count). The molecule has 6 heteroatoms. The number of hydrogen-bond donors (Lipinski definition) is 2. The monoisotopic (exact) mass is 320 g/mol. The third-order valence-electron chi connectivity index (χ3n) is 4.28. The normalized spacial score (nSPS) is 20.2. The Bertz CT molecular complexity index is 594. The molecule has 4 nitrogen and oxygen atoms in total. The molecule has 1 aromatic rings. The van der Waals surface area contributed by atoms with Crippen LogP contribution in [0.4, 0.5) is 0 Å². The Hall–Kier alpha value is -1.24. The Morgan fingerprint density at radius 2 is 1.82 bits per heavy atom. The molecular weight excluding hydrogens is 299 g/mol. The van der Waals surface area contributed by atoms with Gasteiger partial charge < -0.3 is 14.4 Å². The number of aldehydes is 1. The summed E-state index contributed by atoms with van der Waals surface area (Å²) in [4.78, 5) is 11.2. The number of benzene rings is 1. The van der Waals surface area contributed by atoms with Gasteiger partial charge >= 0.3 is 7.12 Å². The van der Waals surface area contributed by atoms with Crippen molar-refractivity contribution in [1.29, 1.82) is 0 Å². The zero-order valence-corrected chi connectivity index (χ0v) is 14.2. The molecule has 0 atom stereocenters. The SMILES string of the molecule is CC1(C)OB(C(=Cc2ccc(O)cc2C=O)CS)OC1(C)C. The van der Waals surface area contributed by atoms with E-state index < -0.39 is 18.3 Å². The molecule has 22 heavy (non-hydrogen) atoms. The second-order valence-electron chi connectivity index (χ2n) is 6.40. The first-order valence-corrected chi connectivity index (χ1v) is 7.78. The summed E-state index contributed by atoms with van der Waals surface area (Å²) in [5, 5.41) is 9.46. The number of carbonyl (C=O) groups excluding carboxylic acids is 1. The predicted molar refractivity (Wildman–Crippen MR) is 91.4 cm³/mol. The summed E-state index contributed by atoms with van der Waals surface area (Å²) < 4.78 is 12.0. The van der Waals surface area contributed by atoms with Gasteiger partial charge in [-0.3, -0.25) is 4.79 Å². The van der Waals surface area contributed by atoms with Crippen LogP contribution in [0.25, 0.3) is 6.08 Å². The van der Waals surface area contributed by atoms with E-state index in [2.05, 4.69) is 12.6 Å². The van der Waals surface area contributed by atoms with Crippen molar-refractivity contribution in [3.63, 3.8) is 0 Å². The van der Waals surface area contributed by atoms with Crippen molar-refractivity contribution in [3.8, 4) is 5.75 Å². The average molecular weight is 320 g/mol. The van der Waals surface area contributed by atoms with Crippen LogP contribution in [-0.4, -0.2) is 35.5 Å². The zero-order chi connectivity index (χ0) is 16.5. The number of thiol groups is 1. The predicted octanol–water partition coefficient (Wildman–Crippen LogP) is 3.15.